The molecule has 3 rings (SSSR count). The number of hydrogen-bond donors (Lipinski definition) is 1. The predicted molar refractivity (Wildman–Crippen MR) is 99.9 cm³/mol. The minimum absolute atomic E-state index is 0.0492. The number of benzene rings is 2. The first-order valence-corrected chi connectivity index (χ1v) is 8.81. The molecule has 1 atom stereocenters. The molecule has 0 aliphatic carbocycles. The van der Waals surface area contributed by atoms with E-state index in [2.05, 4.69) is 0 Å². The lowest BCUT2D eigenvalue weighted by Gasteiger charge is -2.28. The average Bonchev–Trinajstić information content (AvgIpc) is 2.68. The van der Waals surface area contributed by atoms with Crippen LogP contribution in [0.25, 0.3) is 0 Å². The van der Waals surface area contributed by atoms with Gasteiger partial charge < -0.3 is 23.9 Å². The highest BCUT2D eigenvalue weighted by molar-refractivity contribution is 6.46. The number of ketones is 1. The van der Waals surface area contributed by atoms with E-state index in [1.165, 1.54) is 13.0 Å². The van der Waals surface area contributed by atoms with Gasteiger partial charge in [0.25, 0.3) is 0 Å². The van der Waals surface area contributed by atoms with E-state index in [1.807, 2.05) is 0 Å². The number of Topliss-reactive ketones (excluding diaryl/α,β-unsaturated/α-hetero) is 1. The van der Waals surface area contributed by atoms with E-state index in [9.17, 15) is 19.4 Å². The Hall–Kier alpha value is -3.13. The molecule has 1 heterocycles. The summed E-state index contributed by atoms with van der Waals surface area (Å²) >= 11 is 0. The first-order valence-electron chi connectivity index (χ1n) is 8.81. The third-order valence-electron chi connectivity index (χ3n) is 4.38. The molecule has 1 aliphatic heterocycles. The summed E-state index contributed by atoms with van der Waals surface area (Å²) in [7, 11) is -1.19. The Morgan fingerprint density at radius 3 is 2.50 bits per heavy atom. The molecule has 8 heteroatoms. The van der Waals surface area contributed by atoms with Crippen LogP contribution >= 0.6 is 0 Å². The van der Waals surface area contributed by atoms with Gasteiger partial charge in [0.1, 0.15) is 17.1 Å². The van der Waals surface area contributed by atoms with Gasteiger partial charge >= 0.3 is 19.1 Å². The van der Waals surface area contributed by atoms with E-state index in [-0.39, 0.29) is 29.3 Å². The third kappa shape index (κ3) is 4.58. The Morgan fingerprint density at radius 1 is 1.07 bits per heavy atom. The number of carbonyl (C=O) groups is 3. The Kier molecular flexibility index (Phi) is 6.11. The van der Waals surface area contributed by atoms with Crippen molar-refractivity contribution in [3.8, 4) is 5.75 Å². The second-order valence-corrected chi connectivity index (χ2v) is 6.52. The van der Waals surface area contributed by atoms with Crippen LogP contribution in [0, 0.1) is 0 Å². The van der Waals surface area contributed by atoms with E-state index in [0.29, 0.717) is 17.5 Å². The Balaban J connectivity index is 1.64. The van der Waals surface area contributed by atoms with E-state index in [1.54, 1.807) is 42.5 Å². The molecular weight excluding hydrogens is 363 g/mol. The highest BCUT2D eigenvalue weighted by Gasteiger charge is 2.37. The molecule has 1 aliphatic rings. The van der Waals surface area contributed by atoms with Crippen LogP contribution in [0.3, 0.4) is 0 Å². The highest BCUT2D eigenvalue weighted by atomic mass is 16.7. The van der Waals surface area contributed by atoms with Crippen molar-refractivity contribution in [2.75, 3.05) is 6.79 Å². The van der Waals surface area contributed by atoms with Crippen LogP contribution in [0.4, 0.5) is 0 Å². The van der Waals surface area contributed by atoms with E-state index in [4.69, 9.17) is 14.1 Å². The van der Waals surface area contributed by atoms with Gasteiger partial charge in [0.2, 0.25) is 6.79 Å². The number of hydrogen-bond acceptors (Lipinski definition) is 7. The number of para-hydroxylation sites is 1. The standard InChI is InChI=1S/C20H19BO7/c1-13(22)10-16-11-15-8-5-9-17(18(15)28-21(16)25)20(24)27-12-26-19(23)14-6-3-2-4-7-14/h2-9,16,25H,10-12H2,1H3/t16-/m0/s1. The fourth-order valence-electron chi connectivity index (χ4n) is 3.06. The summed E-state index contributed by atoms with van der Waals surface area (Å²) < 4.78 is 15.4. The Bertz CT molecular complexity index is 881. The summed E-state index contributed by atoms with van der Waals surface area (Å²) in [6, 6.07) is 13.3. The monoisotopic (exact) mass is 382 g/mol. The van der Waals surface area contributed by atoms with Crippen LogP contribution in [0.1, 0.15) is 39.6 Å². The normalized spacial score (nSPS) is 15.2. The minimum Gasteiger partial charge on any atom is -0.535 e. The lowest BCUT2D eigenvalue weighted by Crippen LogP contribution is -2.35. The molecule has 7 nitrogen and oxygen atoms in total. The number of esters is 2. The molecule has 0 unspecified atom stereocenters. The zero-order valence-electron chi connectivity index (χ0n) is 15.3. The van der Waals surface area contributed by atoms with Crippen LogP contribution in [0.5, 0.6) is 5.75 Å². The van der Waals surface area contributed by atoms with Crippen molar-refractivity contribution in [3.05, 3.63) is 65.2 Å². The Morgan fingerprint density at radius 2 is 1.79 bits per heavy atom. The fraction of sp³-hybridized carbons (Fsp3) is 0.250. The first-order chi connectivity index (χ1) is 13.5. The second-order valence-electron chi connectivity index (χ2n) is 6.52. The molecule has 2 aromatic rings. The molecule has 0 radical (unpaired) electrons. The van der Waals surface area contributed by atoms with Crippen molar-refractivity contribution >= 4 is 24.8 Å². The summed E-state index contributed by atoms with van der Waals surface area (Å²) in [4.78, 5) is 35.6. The molecule has 28 heavy (non-hydrogen) atoms. The number of fused-ring (bicyclic) bond motifs is 1. The van der Waals surface area contributed by atoms with Crippen LogP contribution in [-0.2, 0) is 20.7 Å². The molecule has 0 bridgehead atoms. The summed E-state index contributed by atoms with van der Waals surface area (Å²) in [5.74, 6) is -1.55. The van der Waals surface area contributed by atoms with Gasteiger partial charge in [0.05, 0.1) is 5.56 Å². The van der Waals surface area contributed by atoms with Crippen molar-refractivity contribution in [2.45, 2.75) is 25.6 Å². The van der Waals surface area contributed by atoms with Crippen molar-refractivity contribution in [1.29, 1.82) is 0 Å². The molecule has 2 aromatic carbocycles. The topological polar surface area (TPSA) is 99.1 Å². The van der Waals surface area contributed by atoms with Gasteiger partial charge in [-0.1, -0.05) is 30.3 Å². The highest BCUT2D eigenvalue weighted by Crippen LogP contribution is 2.36. The van der Waals surface area contributed by atoms with E-state index < -0.39 is 25.8 Å². The van der Waals surface area contributed by atoms with E-state index in [0.717, 1.165) is 0 Å². The van der Waals surface area contributed by atoms with Crippen LogP contribution in [0.2, 0.25) is 5.82 Å². The summed E-state index contributed by atoms with van der Waals surface area (Å²) in [5.41, 5.74) is 1.17. The second kappa shape index (κ2) is 8.71. The number of rotatable bonds is 6. The quantitative estimate of drug-likeness (QED) is 0.465. The van der Waals surface area contributed by atoms with Gasteiger partial charge in [-0.3, -0.25) is 0 Å². The van der Waals surface area contributed by atoms with Crippen molar-refractivity contribution in [3.63, 3.8) is 0 Å². The molecular formula is C20H19BO7. The average molecular weight is 382 g/mol. The minimum atomic E-state index is -1.19. The molecule has 0 fully saturated rings. The summed E-state index contributed by atoms with van der Waals surface area (Å²) in [6.07, 6.45) is 0.588. The molecule has 0 aromatic heterocycles. The van der Waals surface area contributed by atoms with Crippen LogP contribution in [-0.4, -0.2) is 36.7 Å². The van der Waals surface area contributed by atoms with Gasteiger partial charge in [0, 0.05) is 12.2 Å². The zero-order chi connectivity index (χ0) is 20.1. The predicted octanol–water partition coefficient (Wildman–Crippen LogP) is 2.42. The molecule has 0 saturated heterocycles. The molecule has 144 valence electrons. The maximum Gasteiger partial charge on any atom is 0.526 e. The number of ether oxygens (including phenoxy) is 2. The smallest absolute Gasteiger partial charge is 0.526 e. The molecule has 1 N–H and O–H groups in total. The molecule has 0 saturated carbocycles. The lowest BCUT2D eigenvalue weighted by atomic mass is 9.64. The third-order valence-corrected chi connectivity index (χ3v) is 4.38. The molecule has 0 amide bonds. The summed E-state index contributed by atoms with van der Waals surface area (Å²) in [6.45, 7) is 0.901. The summed E-state index contributed by atoms with van der Waals surface area (Å²) in [5, 5.41) is 10.1. The van der Waals surface area contributed by atoms with Crippen molar-refractivity contribution in [2.24, 2.45) is 0 Å². The van der Waals surface area contributed by atoms with Gasteiger partial charge in [-0.25, -0.2) is 9.59 Å². The van der Waals surface area contributed by atoms with Gasteiger partial charge in [0.15, 0.2) is 0 Å². The lowest BCUT2D eigenvalue weighted by molar-refractivity contribution is -0.117. The van der Waals surface area contributed by atoms with Gasteiger partial charge in [-0.2, -0.15) is 0 Å². The maximum absolute atomic E-state index is 12.4. The van der Waals surface area contributed by atoms with Crippen LogP contribution < -0.4 is 4.65 Å². The fourth-order valence-corrected chi connectivity index (χ4v) is 3.06. The zero-order valence-corrected chi connectivity index (χ0v) is 15.3. The van der Waals surface area contributed by atoms with E-state index >= 15 is 0 Å². The Labute approximate surface area is 162 Å². The number of carbonyl (C=O) groups excluding carboxylic acids is 3. The first kappa shape index (κ1) is 19.6. The molecule has 0 spiro atoms. The van der Waals surface area contributed by atoms with Gasteiger partial charge in [-0.05, 0) is 37.1 Å². The van der Waals surface area contributed by atoms with Gasteiger partial charge in [-0.15, -0.1) is 0 Å². The van der Waals surface area contributed by atoms with Crippen molar-refractivity contribution < 1.29 is 33.5 Å². The van der Waals surface area contributed by atoms with Crippen LogP contribution in [0.15, 0.2) is 48.5 Å². The SMILES string of the molecule is CC(=O)C[C@H]1Cc2cccc(C(=O)OCOC(=O)c3ccccc3)c2OB1O. The largest absolute Gasteiger partial charge is 0.535 e. The maximum atomic E-state index is 12.4. The van der Waals surface area contributed by atoms with Crippen molar-refractivity contribution in [1.82, 2.24) is 0 Å².